The molecule has 2 nitrogen and oxygen atoms in total. The van der Waals surface area contributed by atoms with Gasteiger partial charge in [-0.25, -0.2) is 0 Å². The van der Waals surface area contributed by atoms with Crippen LogP contribution < -0.4 is 5.32 Å². The van der Waals surface area contributed by atoms with Crippen molar-refractivity contribution in [2.24, 2.45) is 11.8 Å². The summed E-state index contributed by atoms with van der Waals surface area (Å²) in [4.78, 5) is 0. The van der Waals surface area contributed by atoms with Crippen molar-refractivity contribution < 1.29 is 5.11 Å². The number of allylic oxidation sites excluding steroid dienone is 1. The molecule has 2 bridgehead atoms. The predicted octanol–water partition coefficient (Wildman–Crippen LogP) is 2.84. The van der Waals surface area contributed by atoms with Gasteiger partial charge < -0.3 is 10.4 Å². The van der Waals surface area contributed by atoms with Gasteiger partial charge in [0.1, 0.15) is 0 Å². The van der Waals surface area contributed by atoms with E-state index in [-0.39, 0.29) is 0 Å². The first-order valence-corrected chi connectivity index (χ1v) is 7.37. The van der Waals surface area contributed by atoms with E-state index < -0.39 is 5.60 Å². The molecule has 0 aliphatic heterocycles. The summed E-state index contributed by atoms with van der Waals surface area (Å²) in [5.74, 6) is 0.871. The molecule has 2 N–H and O–H groups in total. The number of hydrogen-bond acceptors (Lipinski definition) is 2. The normalized spacial score (nSPS) is 33.3. The van der Waals surface area contributed by atoms with Gasteiger partial charge >= 0.3 is 0 Å². The summed E-state index contributed by atoms with van der Waals surface area (Å²) in [6.45, 7) is 0.897. The number of fused-ring (bicyclic) bond motifs is 2. The molecule has 3 atom stereocenters. The largest absolute Gasteiger partial charge is 0.389 e. The average molecular weight is 257 g/mol. The zero-order valence-corrected chi connectivity index (χ0v) is 11.6. The highest BCUT2D eigenvalue weighted by Crippen LogP contribution is 2.50. The topological polar surface area (TPSA) is 32.3 Å². The van der Waals surface area contributed by atoms with Crippen LogP contribution >= 0.6 is 0 Å². The minimum Gasteiger partial charge on any atom is -0.389 e. The van der Waals surface area contributed by atoms with Crippen molar-refractivity contribution in [3.05, 3.63) is 42.0 Å². The van der Waals surface area contributed by atoms with Crippen LogP contribution in [0.4, 0.5) is 0 Å². The summed E-state index contributed by atoms with van der Waals surface area (Å²) in [6, 6.07) is 10.7. The van der Waals surface area contributed by atoms with Gasteiger partial charge in [-0.1, -0.05) is 36.4 Å². The Labute approximate surface area is 115 Å². The first kappa shape index (κ1) is 12.9. The average Bonchev–Trinajstić information content (AvgIpc) is 2.46. The van der Waals surface area contributed by atoms with Crippen molar-refractivity contribution in [2.45, 2.75) is 31.3 Å². The van der Waals surface area contributed by atoms with Crippen molar-refractivity contribution in [1.82, 2.24) is 5.32 Å². The maximum absolute atomic E-state index is 10.9. The Morgan fingerprint density at radius 1 is 1.26 bits per heavy atom. The molecule has 1 aromatic rings. The second-order valence-corrected chi connectivity index (χ2v) is 6.03. The summed E-state index contributed by atoms with van der Waals surface area (Å²) in [7, 11) is 1.95. The number of rotatable bonds is 4. The van der Waals surface area contributed by atoms with Crippen molar-refractivity contribution in [2.75, 3.05) is 13.6 Å². The molecule has 1 aromatic carbocycles. The van der Waals surface area contributed by atoms with Gasteiger partial charge in [-0.2, -0.15) is 0 Å². The van der Waals surface area contributed by atoms with Crippen LogP contribution in [0.3, 0.4) is 0 Å². The lowest BCUT2D eigenvalue weighted by molar-refractivity contribution is -0.0522. The number of hydrogen-bond donors (Lipinski definition) is 2. The van der Waals surface area contributed by atoms with Crippen molar-refractivity contribution >= 4 is 5.57 Å². The predicted molar refractivity (Wildman–Crippen MR) is 78.7 cm³/mol. The lowest BCUT2D eigenvalue weighted by atomic mass is 9.61. The van der Waals surface area contributed by atoms with Crippen LogP contribution in [-0.4, -0.2) is 24.3 Å². The van der Waals surface area contributed by atoms with Crippen LogP contribution in [0.1, 0.15) is 31.2 Å². The van der Waals surface area contributed by atoms with Crippen LogP contribution in [0, 0.1) is 11.8 Å². The van der Waals surface area contributed by atoms with E-state index in [1.807, 2.05) is 7.05 Å². The Hall–Kier alpha value is -1.12. The van der Waals surface area contributed by atoms with Gasteiger partial charge in [-0.05, 0) is 56.3 Å². The van der Waals surface area contributed by atoms with Crippen molar-refractivity contribution in [3.8, 4) is 0 Å². The molecule has 0 saturated heterocycles. The summed E-state index contributed by atoms with van der Waals surface area (Å²) in [5.41, 5.74) is 2.32. The molecule has 3 aliphatic rings. The van der Waals surface area contributed by atoms with E-state index >= 15 is 0 Å². The molecule has 4 rings (SSSR count). The number of benzene rings is 1. The maximum Gasteiger partial charge on any atom is 0.0728 e. The maximum atomic E-state index is 10.9. The Bertz CT molecular complexity index is 467. The van der Waals surface area contributed by atoms with E-state index in [1.54, 1.807) is 0 Å². The fraction of sp³-hybridized carbons (Fsp3) is 0.529. The van der Waals surface area contributed by atoms with Crippen LogP contribution in [0.15, 0.2) is 36.4 Å². The molecular formula is C17H23NO. The van der Waals surface area contributed by atoms with Crippen LogP contribution in [-0.2, 0) is 0 Å². The third kappa shape index (κ3) is 2.35. The summed E-state index contributed by atoms with van der Waals surface area (Å²) in [6.07, 6.45) is 6.51. The second kappa shape index (κ2) is 5.10. The van der Waals surface area contributed by atoms with Gasteiger partial charge in [-0.15, -0.1) is 0 Å². The molecule has 102 valence electrons. The Morgan fingerprint density at radius 3 is 2.68 bits per heavy atom. The molecule has 0 unspecified atom stereocenters. The first-order chi connectivity index (χ1) is 9.23. The van der Waals surface area contributed by atoms with E-state index in [2.05, 4.69) is 41.7 Å². The fourth-order valence-electron chi connectivity index (χ4n) is 3.78. The van der Waals surface area contributed by atoms with Gasteiger partial charge in [-0.3, -0.25) is 0 Å². The van der Waals surface area contributed by atoms with E-state index in [1.165, 1.54) is 17.6 Å². The zero-order chi connectivity index (χ0) is 13.3. The molecule has 0 spiro atoms. The Morgan fingerprint density at radius 2 is 2.05 bits per heavy atom. The highest BCUT2D eigenvalue weighted by atomic mass is 16.3. The molecule has 19 heavy (non-hydrogen) atoms. The molecule has 1 saturated carbocycles. The first-order valence-electron chi connectivity index (χ1n) is 7.37. The second-order valence-electron chi connectivity index (χ2n) is 6.03. The fourth-order valence-corrected chi connectivity index (χ4v) is 3.78. The summed E-state index contributed by atoms with van der Waals surface area (Å²) >= 11 is 0. The highest BCUT2D eigenvalue weighted by molar-refractivity contribution is 5.69. The Balaban J connectivity index is 1.86. The quantitative estimate of drug-likeness (QED) is 0.869. The molecule has 0 aromatic heterocycles. The molecular weight excluding hydrogens is 234 g/mol. The standard InChI is InChI=1S/C17H23NO/c1-18-10-9-17(19)12-14-7-8-15(17)11-16(14)13-5-3-2-4-6-13/h2-6,11,14-15,18-19H,7-10,12H2,1H3/t14-,15-,17+/m1/s1. The molecule has 2 heteroatoms. The van der Waals surface area contributed by atoms with Crippen molar-refractivity contribution in [3.63, 3.8) is 0 Å². The number of aliphatic hydroxyl groups is 1. The SMILES string of the molecule is CNCC[C@]1(O)C[C@H]2CC[C@@H]1C=C2c1ccccc1. The third-order valence-corrected chi connectivity index (χ3v) is 4.85. The Kier molecular flexibility index (Phi) is 3.46. The van der Waals surface area contributed by atoms with Crippen LogP contribution in [0.5, 0.6) is 0 Å². The van der Waals surface area contributed by atoms with Crippen LogP contribution in [0.2, 0.25) is 0 Å². The summed E-state index contributed by atoms with van der Waals surface area (Å²) < 4.78 is 0. The van der Waals surface area contributed by atoms with E-state index in [0.29, 0.717) is 11.8 Å². The van der Waals surface area contributed by atoms with E-state index in [0.717, 1.165) is 25.8 Å². The molecule has 0 heterocycles. The minimum atomic E-state index is -0.482. The lowest BCUT2D eigenvalue weighted by Gasteiger charge is -2.48. The summed E-state index contributed by atoms with van der Waals surface area (Å²) in [5, 5.41) is 14.0. The van der Waals surface area contributed by atoms with E-state index in [9.17, 15) is 5.11 Å². The lowest BCUT2D eigenvalue weighted by Crippen LogP contribution is -2.47. The van der Waals surface area contributed by atoms with Crippen LogP contribution in [0.25, 0.3) is 5.57 Å². The van der Waals surface area contributed by atoms with E-state index in [4.69, 9.17) is 0 Å². The smallest absolute Gasteiger partial charge is 0.0728 e. The molecule has 0 radical (unpaired) electrons. The molecule has 0 amide bonds. The number of nitrogens with one attached hydrogen (secondary N) is 1. The highest BCUT2D eigenvalue weighted by Gasteiger charge is 2.45. The van der Waals surface area contributed by atoms with Gasteiger partial charge in [0.25, 0.3) is 0 Å². The van der Waals surface area contributed by atoms with Gasteiger partial charge in [0.15, 0.2) is 0 Å². The molecule has 1 fully saturated rings. The monoisotopic (exact) mass is 257 g/mol. The van der Waals surface area contributed by atoms with Gasteiger partial charge in [0.05, 0.1) is 5.60 Å². The van der Waals surface area contributed by atoms with Gasteiger partial charge in [0, 0.05) is 5.92 Å². The third-order valence-electron chi connectivity index (χ3n) is 4.85. The van der Waals surface area contributed by atoms with Crippen molar-refractivity contribution in [1.29, 1.82) is 0 Å². The van der Waals surface area contributed by atoms with Gasteiger partial charge in [0.2, 0.25) is 0 Å². The zero-order valence-electron chi connectivity index (χ0n) is 11.6. The minimum absolute atomic E-state index is 0.334. The molecule has 3 aliphatic carbocycles.